The minimum Gasteiger partial charge on any atom is -0.497 e. The van der Waals surface area contributed by atoms with Gasteiger partial charge >= 0.3 is 5.97 Å². The van der Waals surface area contributed by atoms with Crippen LogP contribution in [0.2, 0.25) is 0 Å². The van der Waals surface area contributed by atoms with Crippen LogP contribution < -0.4 is 10.1 Å². The largest absolute Gasteiger partial charge is 0.497 e. The molecule has 0 bridgehead atoms. The highest BCUT2D eigenvalue weighted by Crippen LogP contribution is 2.25. The molecule has 0 heterocycles. The summed E-state index contributed by atoms with van der Waals surface area (Å²) in [5.74, 6) is -0.270. The number of esters is 1. The van der Waals surface area contributed by atoms with Crippen LogP contribution in [0.3, 0.4) is 0 Å². The first-order chi connectivity index (χ1) is 13.6. The molecule has 28 heavy (non-hydrogen) atoms. The lowest BCUT2D eigenvalue weighted by Gasteiger charge is -2.13. The van der Waals surface area contributed by atoms with Gasteiger partial charge in [-0.2, -0.15) is 0 Å². The molecule has 0 aliphatic rings. The molecule has 0 aliphatic carbocycles. The zero-order valence-corrected chi connectivity index (χ0v) is 16.0. The lowest BCUT2D eigenvalue weighted by Crippen LogP contribution is -2.33. The van der Waals surface area contributed by atoms with Crippen molar-refractivity contribution in [1.29, 1.82) is 0 Å². The zero-order chi connectivity index (χ0) is 19.9. The summed E-state index contributed by atoms with van der Waals surface area (Å²) in [4.78, 5) is 24.3. The highest BCUT2D eigenvalue weighted by molar-refractivity contribution is 5.89. The summed E-state index contributed by atoms with van der Waals surface area (Å²) in [5, 5.41) is 4.72. The molecule has 3 aromatic rings. The first-order valence-electron chi connectivity index (χ1n) is 9.12. The van der Waals surface area contributed by atoms with Gasteiger partial charge in [0.1, 0.15) is 18.9 Å². The van der Waals surface area contributed by atoms with Gasteiger partial charge in [-0.25, -0.2) is 0 Å². The fourth-order valence-corrected chi connectivity index (χ4v) is 2.89. The molecule has 3 aromatic carbocycles. The van der Waals surface area contributed by atoms with E-state index in [0.29, 0.717) is 0 Å². The van der Waals surface area contributed by atoms with E-state index >= 15 is 0 Å². The molecule has 0 spiro atoms. The smallest absolute Gasteiger partial charge is 0.325 e. The number of nitrogens with one attached hydrogen (secondary N) is 1. The van der Waals surface area contributed by atoms with Crippen molar-refractivity contribution in [2.24, 2.45) is 0 Å². The van der Waals surface area contributed by atoms with Crippen LogP contribution in [0.5, 0.6) is 5.75 Å². The molecule has 3 rings (SSSR count). The summed E-state index contributed by atoms with van der Waals surface area (Å²) in [6.45, 7) is 1.86. The van der Waals surface area contributed by atoms with Gasteiger partial charge in [-0.15, -0.1) is 0 Å². The number of amides is 1. The van der Waals surface area contributed by atoms with Gasteiger partial charge in [-0.05, 0) is 41.0 Å². The van der Waals surface area contributed by atoms with Gasteiger partial charge in [-0.3, -0.25) is 9.59 Å². The van der Waals surface area contributed by atoms with Gasteiger partial charge in [-0.1, -0.05) is 54.6 Å². The van der Waals surface area contributed by atoms with E-state index in [1.165, 1.54) is 0 Å². The maximum absolute atomic E-state index is 12.4. The second kappa shape index (κ2) is 9.04. The number of benzene rings is 3. The lowest BCUT2D eigenvalue weighted by molar-refractivity contribution is -0.145. The molecule has 0 radical (unpaired) electrons. The van der Waals surface area contributed by atoms with Crippen molar-refractivity contribution in [3.63, 3.8) is 0 Å². The van der Waals surface area contributed by atoms with E-state index in [9.17, 15) is 9.59 Å². The second-order valence-corrected chi connectivity index (χ2v) is 6.56. The Morgan fingerprint density at radius 2 is 1.68 bits per heavy atom. The van der Waals surface area contributed by atoms with Crippen molar-refractivity contribution in [2.45, 2.75) is 19.4 Å². The number of rotatable bonds is 7. The van der Waals surface area contributed by atoms with Gasteiger partial charge in [0.05, 0.1) is 13.0 Å². The van der Waals surface area contributed by atoms with Crippen LogP contribution >= 0.6 is 0 Å². The highest BCUT2D eigenvalue weighted by atomic mass is 16.5. The SMILES string of the molecule is COc1ccc2cc([C@H](C)C(=O)NCC(=O)OCc3ccccc3)ccc2c1. The molecule has 0 saturated heterocycles. The molecule has 1 N–H and O–H groups in total. The first-order valence-corrected chi connectivity index (χ1v) is 9.12. The van der Waals surface area contributed by atoms with E-state index in [0.717, 1.165) is 27.6 Å². The van der Waals surface area contributed by atoms with Gasteiger partial charge in [0.25, 0.3) is 0 Å². The first kappa shape index (κ1) is 19.4. The number of carbonyl (C=O) groups excluding carboxylic acids is 2. The summed E-state index contributed by atoms with van der Waals surface area (Å²) in [6.07, 6.45) is 0. The van der Waals surface area contributed by atoms with E-state index in [1.807, 2.05) is 73.7 Å². The molecule has 0 saturated carbocycles. The summed E-state index contributed by atoms with van der Waals surface area (Å²) >= 11 is 0. The minimum atomic E-state index is -0.463. The van der Waals surface area contributed by atoms with Crippen molar-refractivity contribution in [1.82, 2.24) is 5.32 Å². The van der Waals surface area contributed by atoms with Crippen molar-refractivity contribution in [2.75, 3.05) is 13.7 Å². The molecule has 5 heteroatoms. The normalized spacial score (nSPS) is 11.6. The fourth-order valence-electron chi connectivity index (χ4n) is 2.89. The van der Waals surface area contributed by atoms with Crippen molar-refractivity contribution in [3.05, 3.63) is 77.9 Å². The number of hydrogen-bond acceptors (Lipinski definition) is 4. The van der Waals surface area contributed by atoms with E-state index in [1.54, 1.807) is 7.11 Å². The lowest BCUT2D eigenvalue weighted by atomic mass is 9.97. The third-order valence-corrected chi connectivity index (χ3v) is 4.61. The summed E-state index contributed by atoms with van der Waals surface area (Å²) in [7, 11) is 1.63. The van der Waals surface area contributed by atoms with E-state index in [2.05, 4.69) is 5.32 Å². The topological polar surface area (TPSA) is 64.6 Å². The predicted molar refractivity (Wildman–Crippen MR) is 108 cm³/mol. The van der Waals surface area contributed by atoms with Crippen LogP contribution in [0.4, 0.5) is 0 Å². The summed E-state index contributed by atoms with van der Waals surface area (Å²) in [5.41, 5.74) is 1.79. The van der Waals surface area contributed by atoms with Crippen molar-refractivity contribution in [3.8, 4) is 5.75 Å². The quantitative estimate of drug-likeness (QED) is 0.636. The molecular formula is C23H23NO4. The molecule has 1 amide bonds. The summed E-state index contributed by atoms with van der Waals surface area (Å²) < 4.78 is 10.4. The molecule has 0 fully saturated rings. The van der Waals surface area contributed by atoms with Crippen molar-refractivity contribution < 1.29 is 19.1 Å². The average molecular weight is 377 g/mol. The van der Waals surface area contributed by atoms with Gasteiger partial charge in [0, 0.05) is 0 Å². The van der Waals surface area contributed by atoms with Gasteiger partial charge < -0.3 is 14.8 Å². The molecule has 5 nitrogen and oxygen atoms in total. The van der Waals surface area contributed by atoms with Crippen LogP contribution in [0, 0.1) is 0 Å². The third-order valence-electron chi connectivity index (χ3n) is 4.61. The minimum absolute atomic E-state index is 0.152. The Balaban J connectivity index is 1.55. The zero-order valence-electron chi connectivity index (χ0n) is 16.0. The van der Waals surface area contributed by atoms with Gasteiger partial charge in [0.2, 0.25) is 5.91 Å². The average Bonchev–Trinajstić information content (AvgIpc) is 2.75. The number of methoxy groups -OCH3 is 1. The fraction of sp³-hybridized carbons (Fsp3) is 0.217. The maximum atomic E-state index is 12.4. The monoisotopic (exact) mass is 377 g/mol. The van der Waals surface area contributed by atoms with E-state index in [4.69, 9.17) is 9.47 Å². The summed E-state index contributed by atoms with van der Waals surface area (Å²) in [6, 6.07) is 21.1. The van der Waals surface area contributed by atoms with Crippen LogP contribution in [-0.2, 0) is 20.9 Å². The Bertz CT molecular complexity index is 969. The maximum Gasteiger partial charge on any atom is 0.325 e. The van der Waals surface area contributed by atoms with Crippen LogP contribution in [0.25, 0.3) is 10.8 Å². The van der Waals surface area contributed by atoms with Crippen LogP contribution in [0.15, 0.2) is 66.7 Å². The number of ether oxygens (including phenoxy) is 2. The molecule has 0 aromatic heterocycles. The van der Waals surface area contributed by atoms with E-state index < -0.39 is 5.97 Å². The molecule has 0 unspecified atom stereocenters. The Morgan fingerprint density at radius 3 is 2.43 bits per heavy atom. The van der Waals surface area contributed by atoms with E-state index in [-0.39, 0.29) is 25.0 Å². The standard InChI is InChI=1S/C23H23NO4/c1-16(18-8-9-20-13-21(27-2)11-10-19(20)12-18)23(26)24-14-22(25)28-15-17-6-4-3-5-7-17/h3-13,16H,14-15H2,1-2H3,(H,24,26)/t16-/m0/s1. The Labute approximate surface area is 164 Å². The number of fused-ring (bicyclic) bond motifs is 1. The van der Waals surface area contributed by atoms with Gasteiger partial charge in [0.15, 0.2) is 0 Å². The predicted octanol–water partition coefficient (Wildman–Crippen LogP) is 3.81. The Kier molecular flexibility index (Phi) is 6.27. The molecule has 144 valence electrons. The van der Waals surface area contributed by atoms with Crippen molar-refractivity contribution >= 4 is 22.6 Å². The molecule has 1 atom stereocenters. The second-order valence-electron chi connectivity index (χ2n) is 6.56. The molecule has 0 aliphatic heterocycles. The Morgan fingerprint density at radius 1 is 0.964 bits per heavy atom. The number of hydrogen-bond donors (Lipinski definition) is 1. The molecular weight excluding hydrogens is 354 g/mol. The third kappa shape index (κ3) is 4.88. The highest BCUT2D eigenvalue weighted by Gasteiger charge is 2.17. The Hall–Kier alpha value is -3.34. The van der Waals surface area contributed by atoms with Crippen LogP contribution in [0.1, 0.15) is 24.0 Å². The number of carbonyl (C=O) groups is 2. The van der Waals surface area contributed by atoms with Crippen LogP contribution in [-0.4, -0.2) is 25.5 Å².